The quantitative estimate of drug-likeness (QED) is 0.923. The Balaban J connectivity index is 1.55. The third kappa shape index (κ3) is 3.30. The first-order valence-electron chi connectivity index (χ1n) is 7.73. The first-order chi connectivity index (χ1) is 10.7. The minimum atomic E-state index is 0.0814. The summed E-state index contributed by atoms with van der Waals surface area (Å²) in [5.74, 6) is 1.83. The number of hydrogen-bond donors (Lipinski definition) is 1. The van der Waals surface area contributed by atoms with E-state index in [1.807, 2.05) is 48.4 Å². The summed E-state index contributed by atoms with van der Waals surface area (Å²) in [6.45, 7) is 3.18. The summed E-state index contributed by atoms with van der Waals surface area (Å²) in [5.41, 5.74) is 1.03. The Morgan fingerprint density at radius 1 is 1.41 bits per heavy atom. The number of carbonyl (C=O) groups excluding carboxylic acids is 1. The van der Waals surface area contributed by atoms with Crippen LogP contribution in [0.2, 0.25) is 0 Å². The monoisotopic (exact) mass is 299 g/mol. The Hall–Kier alpha value is -2.30. The van der Waals surface area contributed by atoms with Gasteiger partial charge in [-0.3, -0.25) is 4.79 Å². The van der Waals surface area contributed by atoms with E-state index in [4.69, 9.17) is 4.74 Å². The molecule has 0 bridgehead atoms. The summed E-state index contributed by atoms with van der Waals surface area (Å²) in [6, 6.07) is 9.67. The molecule has 116 valence electrons. The third-order valence-electron chi connectivity index (χ3n) is 3.94. The van der Waals surface area contributed by atoms with Gasteiger partial charge in [-0.05, 0) is 31.9 Å². The van der Waals surface area contributed by atoms with Gasteiger partial charge in [0.1, 0.15) is 11.6 Å². The van der Waals surface area contributed by atoms with Gasteiger partial charge in [-0.1, -0.05) is 18.2 Å². The Morgan fingerprint density at radius 3 is 2.95 bits per heavy atom. The Morgan fingerprint density at radius 2 is 2.23 bits per heavy atom. The molecule has 22 heavy (non-hydrogen) atoms. The van der Waals surface area contributed by atoms with Crippen molar-refractivity contribution < 1.29 is 9.53 Å². The Labute approximate surface area is 130 Å². The van der Waals surface area contributed by atoms with Crippen molar-refractivity contribution in [3.63, 3.8) is 0 Å². The fourth-order valence-electron chi connectivity index (χ4n) is 2.87. The highest BCUT2D eigenvalue weighted by Crippen LogP contribution is 2.30. The highest BCUT2D eigenvalue weighted by atomic mass is 16.5. The minimum Gasteiger partial charge on any atom is -0.493 e. The molecular formula is C17H21N3O2. The van der Waals surface area contributed by atoms with E-state index in [-0.39, 0.29) is 11.9 Å². The molecule has 2 aromatic rings. The maximum atomic E-state index is 12.4. The largest absolute Gasteiger partial charge is 0.493 e. The smallest absolute Gasteiger partial charge is 0.226 e. The zero-order chi connectivity index (χ0) is 15.4. The zero-order valence-electron chi connectivity index (χ0n) is 12.8. The van der Waals surface area contributed by atoms with Crippen LogP contribution >= 0.6 is 0 Å². The van der Waals surface area contributed by atoms with Gasteiger partial charge in [-0.2, -0.15) is 0 Å². The number of amides is 1. The van der Waals surface area contributed by atoms with Gasteiger partial charge in [0.15, 0.2) is 0 Å². The van der Waals surface area contributed by atoms with Gasteiger partial charge in [-0.25, -0.2) is 4.98 Å². The second kappa shape index (κ2) is 6.64. The van der Waals surface area contributed by atoms with E-state index in [9.17, 15) is 4.79 Å². The van der Waals surface area contributed by atoms with Crippen LogP contribution in [0, 0.1) is 6.92 Å². The van der Waals surface area contributed by atoms with Gasteiger partial charge in [0, 0.05) is 18.4 Å². The number of likely N-dealkylation sites (tertiary alicyclic amines) is 1. The lowest BCUT2D eigenvalue weighted by Gasteiger charge is -2.23. The van der Waals surface area contributed by atoms with Gasteiger partial charge in [0.2, 0.25) is 5.91 Å². The molecule has 2 heterocycles. The highest BCUT2D eigenvalue weighted by molar-refractivity contribution is 5.77. The average Bonchev–Trinajstić information content (AvgIpc) is 3.16. The van der Waals surface area contributed by atoms with Crippen molar-refractivity contribution in [1.82, 2.24) is 14.9 Å². The molecule has 5 nitrogen and oxygen atoms in total. The first kappa shape index (κ1) is 14.6. The molecule has 1 fully saturated rings. The number of imidazole rings is 1. The second-order valence-corrected chi connectivity index (χ2v) is 5.61. The molecule has 1 aromatic carbocycles. The topological polar surface area (TPSA) is 58.2 Å². The van der Waals surface area contributed by atoms with Crippen molar-refractivity contribution in [3.8, 4) is 5.75 Å². The lowest BCUT2D eigenvalue weighted by atomic mass is 10.2. The molecular weight excluding hydrogens is 278 g/mol. The number of hydrogen-bond acceptors (Lipinski definition) is 3. The lowest BCUT2D eigenvalue weighted by molar-refractivity contribution is -0.132. The number of rotatable bonds is 5. The maximum Gasteiger partial charge on any atom is 0.226 e. The Kier molecular flexibility index (Phi) is 4.42. The van der Waals surface area contributed by atoms with E-state index in [0.29, 0.717) is 13.0 Å². The van der Waals surface area contributed by atoms with E-state index in [1.54, 1.807) is 0 Å². The van der Waals surface area contributed by atoms with Gasteiger partial charge in [0.25, 0.3) is 0 Å². The number of nitrogens with one attached hydrogen (secondary N) is 1. The van der Waals surface area contributed by atoms with Crippen molar-refractivity contribution in [2.75, 3.05) is 13.2 Å². The first-order valence-corrected chi connectivity index (χ1v) is 7.73. The number of aryl methyl sites for hydroxylation is 1. The molecule has 1 atom stereocenters. The van der Waals surface area contributed by atoms with Crippen LogP contribution in [0.3, 0.4) is 0 Å². The normalized spacial score (nSPS) is 17.7. The second-order valence-electron chi connectivity index (χ2n) is 5.61. The van der Waals surface area contributed by atoms with Crippen molar-refractivity contribution in [2.24, 2.45) is 0 Å². The van der Waals surface area contributed by atoms with E-state index in [2.05, 4.69) is 9.97 Å². The van der Waals surface area contributed by atoms with E-state index < -0.39 is 0 Å². The number of aromatic nitrogens is 2. The SMILES string of the molecule is Cc1cnc([C@@H]2CCCN2C(=O)CCOc2ccccc2)[nH]1. The van der Waals surface area contributed by atoms with E-state index >= 15 is 0 Å². The van der Waals surface area contributed by atoms with Crippen molar-refractivity contribution >= 4 is 5.91 Å². The number of aromatic amines is 1. The Bertz CT molecular complexity index is 624. The van der Waals surface area contributed by atoms with Crippen LogP contribution in [0.4, 0.5) is 0 Å². The number of para-hydroxylation sites is 1. The highest BCUT2D eigenvalue weighted by Gasteiger charge is 2.31. The number of ether oxygens (including phenoxy) is 1. The van der Waals surface area contributed by atoms with Crippen molar-refractivity contribution in [3.05, 3.63) is 48.0 Å². The molecule has 0 aliphatic carbocycles. The molecule has 0 unspecified atom stereocenters. The summed E-state index contributed by atoms with van der Waals surface area (Å²) in [5, 5.41) is 0. The molecule has 1 aliphatic heterocycles. The summed E-state index contributed by atoms with van der Waals surface area (Å²) in [7, 11) is 0. The summed E-state index contributed by atoms with van der Waals surface area (Å²) >= 11 is 0. The predicted octanol–water partition coefficient (Wildman–Crippen LogP) is 2.85. The van der Waals surface area contributed by atoms with Gasteiger partial charge in [0.05, 0.1) is 19.1 Å². The molecule has 0 spiro atoms. The van der Waals surface area contributed by atoms with Gasteiger partial charge in [-0.15, -0.1) is 0 Å². The molecule has 3 rings (SSSR count). The molecule has 0 radical (unpaired) electrons. The van der Waals surface area contributed by atoms with Crippen molar-refractivity contribution in [2.45, 2.75) is 32.2 Å². The van der Waals surface area contributed by atoms with Crippen LogP contribution in [0.15, 0.2) is 36.5 Å². The summed E-state index contributed by atoms with van der Waals surface area (Å²) in [6.07, 6.45) is 4.20. The molecule has 1 saturated heterocycles. The van der Waals surface area contributed by atoms with Gasteiger partial charge < -0.3 is 14.6 Å². The maximum absolute atomic E-state index is 12.4. The molecule has 1 aromatic heterocycles. The standard InChI is InChI=1S/C17H21N3O2/c1-13-12-18-17(19-13)15-8-5-10-20(15)16(21)9-11-22-14-6-3-2-4-7-14/h2-4,6-7,12,15H,5,8-11H2,1H3,(H,18,19)/t15-/m0/s1. The molecule has 1 amide bonds. The number of carbonyl (C=O) groups is 1. The van der Waals surface area contributed by atoms with Crippen LogP contribution in [0.5, 0.6) is 5.75 Å². The van der Waals surface area contributed by atoms with Crippen LogP contribution in [-0.4, -0.2) is 33.9 Å². The summed E-state index contributed by atoms with van der Waals surface area (Å²) < 4.78 is 5.61. The van der Waals surface area contributed by atoms with Crippen LogP contribution in [-0.2, 0) is 4.79 Å². The zero-order valence-corrected chi connectivity index (χ0v) is 12.8. The third-order valence-corrected chi connectivity index (χ3v) is 3.94. The number of benzene rings is 1. The van der Waals surface area contributed by atoms with Crippen LogP contribution in [0.25, 0.3) is 0 Å². The fraction of sp³-hybridized carbons (Fsp3) is 0.412. The molecule has 0 saturated carbocycles. The van der Waals surface area contributed by atoms with Crippen LogP contribution < -0.4 is 4.74 Å². The van der Waals surface area contributed by atoms with Gasteiger partial charge >= 0.3 is 0 Å². The fourth-order valence-corrected chi connectivity index (χ4v) is 2.87. The van der Waals surface area contributed by atoms with Crippen molar-refractivity contribution in [1.29, 1.82) is 0 Å². The van der Waals surface area contributed by atoms with Crippen LogP contribution in [0.1, 0.15) is 36.8 Å². The summed E-state index contributed by atoms with van der Waals surface area (Å²) in [4.78, 5) is 22.0. The van der Waals surface area contributed by atoms with E-state index in [0.717, 1.165) is 36.7 Å². The molecule has 1 aliphatic rings. The lowest BCUT2D eigenvalue weighted by Crippen LogP contribution is -2.32. The molecule has 1 N–H and O–H groups in total. The molecule has 5 heteroatoms. The average molecular weight is 299 g/mol. The van der Waals surface area contributed by atoms with E-state index in [1.165, 1.54) is 0 Å². The minimum absolute atomic E-state index is 0.0814. The number of H-pyrrole nitrogens is 1. The predicted molar refractivity (Wildman–Crippen MR) is 83.6 cm³/mol. The number of nitrogens with zero attached hydrogens (tertiary/aromatic N) is 2.